The smallest absolute Gasteiger partial charge is 0.273 e. The molecule has 0 bridgehead atoms. The third-order valence-corrected chi connectivity index (χ3v) is 2.29. The molecular formula is C10H8N2O3. The molecule has 1 aromatic heterocycles. The summed E-state index contributed by atoms with van der Waals surface area (Å²) in [5.41, 5.74) is 0.216. The number of nitro groups is 1. The summed E-state index contributed by atoms with van der Waals surface area (Å²) in [6, 6.07) is 4.67. The summed E-state index contributed by atoms with van der Waals surface area (Å²) in [5, 5.41) is 11.7. The first kappa shape index (κ1) is 9.39. The molecule has 0 fully saturated rings. The van der Waals surface area contributed by atoms with Crippen LogP contribution in [0.2, 0.25) is 0 Å². The average Bonchev–Trinajstić information content (AvgIpc) is 2.16. The van der Waals surface area contributed by atoms with Crippen molar-refractivity contribution in [1.29, 1.82) is 0 Å². The van der Waals surface area contributed by atoms with E-state index >= 15 is 0 Å². The van der Waals surface area contributed by atoms with Gasteiger partial charge in [0.2, 0.25) is 0 Å². The van der Waals surface area contributed by atoms with Crippen molar-refractivity contribution in [3.63, 3.8) is 0 Å². The van der Waals surface area contributed by atoms with Crippen LogP contribution in [0.5, 0.6) is 0 Å². The van der Waals surface area contributed by atoms with Gasteiger partial charge >= 0.3 is 0 Å². The summed E-state index contributed by atoms with van der Waals surface area (Å²) in [4.78, 5) is 24.1. The van der Waals surface area contributed by atoms with Gasteiger partial charge in [-0.3, -0.25) is 14.9 Å². The van der Waals surface area contributed by atoms with Crippen molar-refractivity contribution in [2.75, 3.05) is 0 Å². The van der Waals surface area contributed by atoms with E-state index in [0.717, 1.165) is 0 Å². The van der Waals surface area contributed by atoms with E-state index in [1.54, 1.807) is 19.1 Å². The molecule has 1 heterocycles. The highest BCUT2D eigenvalue weighted by Gasteiger charge is 2.12. The molecule has 0 saturated carbocycles. The predicted molar refractivity (Wildman–Crippen MR) is 56.0 cm³/mol. The molecule has 5 heteroatoms. The maximum Gasteiger partial charge on any atom is 0.273 e. The minimum absolute atomic E-state index is 0.0285. The molecule has 0 saturated heterocycles. The monoisotopic (exact) mass is 204 g/mol. The summed E-state index contributed by atoms with van der Waals surface area (Å²) in [7, 11) is 0. The number of benzene rings is 1. The molecule has 2 aromatic rings. The van der Waals surface area contributed by atoms with Gasteiger partial charge in [-0.15, -0.1) is 0 Å². The van der Waals surface area contributed by atoms with Gasteiger partial charge in [-0.1, -0.05) is 0 Å². The molecule has 0 unspecified atom stereocenters. The van der Waals surface area contributed by atoms with Crippen LogP contribution >= 0.6 is 0 Å². The van der Waals surface area contributed by atoms with Gasteiger partial charge in [0.1, 0.15) is 0 Å². The van der Waals surface area contributed by atoms with Gasteiger partial charge in [0, 0.05) is 17.8 Å². The van der Waals surface area contributed by atoms with E-state index in [4.69, 9.17) is 0 Å². The van der Waals surface area contributed by atoms with Gasteiger partial charge in [-0.2, -0.15) is 0 Å². The zero-order chi connectivity index (χ0) is 11.0. The number of aromatic amines is 1. The first-order valence-corrected chi connectivity index (χ1v) is 4.36. The Morgan fingerprint density at radius 1 is 1.40 bits per heavy atom. The molecule has 1 aromatic carbocycles. The number of hydrogen-bond donors (Lipinski definition) is 1. The molecule has 0 aliphatic heterocycles. The first-order valence-electron chi connectivity index (χ1n) is 4.36. The Morgan fingerprint density at radius 3 is 2.80 bits per heavy atom. The maximum absolute atomic E-state index is 11.4. The fourth-order valence-electron chi connectivity index (χ4n) is 1.53. The molecule has 0 spiro atoms. The molecule has 0 aliphatic carbocycles. The molecule has 0 radical (unpaired) electrons. The number of H-pyrrole nitrogens is 1. The molecule has 0 amide bonds. The second-order valence-corrected chi connectivity index (χ2v) is 3.29. The van der Waals surface area contributed by atoms with E-state index < -0.39 is 4.92 Å². The Hall–Kier alpha value is -2.17. The highest BCUT2D eigenvalue weighted by Crippen LogP contribution is 2.22. The van der Waals surface area contributed by atoms with Crippen LogP contribution in [-0.2, 0) is 0 Å². The van der Waals surface area contributed by atoms with Gasteiger partial charge in [0.15, 0.2) is 0 Å². The van der Waals surface area contributed by atoms with Crippen LogP contribution in [0.1, 0.15) is 5.56 Å². The molecule has 0 atom stereocenters. The largest absolute Gasteiger partial charge is 0.329 e. The molecule has 5 nitrogen and oxygen atoms in total. The molecule has 0 aliphatic rings. The lowest BCUT2D eigenvalue weighted by molar-refractivity contribution is -0.385. The van der Waals surface area contributed by atoms with E-state index in [-0.39, 0.29) is 11.2 Å². The summed E-state index contributed by atoms with van der Waals surface area (Å²) in [5.74, 6) is 0. The number of aromatic nitrogens is 1. The number of pyridine rings is 1. The van der Waals surface area contributed by atoms with E-state index in [2.05, 4.69) is 4.98 Å². The van der Waals surface area contributed by atoms with Crippen LogP contribution in [0.15, 0.2) is 29.2 Å². The lowest BCUT2D eigenvalue weighted by Crippen LogP contribution is -2.05. The van der Waals surface area contributed by atoms with Crippen molar-refractivity contribution in [1.82, 2.24) is 4.98 Å². The van der Waals surface area contributed by atoms with Crippen molar-refractivity contribution in [3.8, 4) is 0 Å². The Morgan fingerprint density at radius 2 is 2.13 bits per heavy atom. The Labute approximate surface area is 84.5 Å². The molecule has 2 rings (SSSR count). The highest BCUT2D eigenvalue weighted by atomic mass is 16.6. The zero-order valence-electron chi connectivity index (χ0n) is 7.98. The van der Waals surface area contributed by atoms with E-state index in [9.17, 15) is 14.9 Å². The number of nitrogens with zero attached hydrogens (tertiary/aromatic N) is 1. The number of aryl methyl sites for hydroxylation is 1. The normalized spacial score (nSPS) is 10.5. The Bertz CT molecular complexity index is 601. The fraction of sp³-hybridized carbons (Fsp3) is 0.100. The van der Waals surface area contributed by atoms with Gasteiger partial charge in [-0.05, 0) is 24.4 Å². The molecule has 76 valence electrons. The summed E-state index contributed by atoms with van der Waals surface area (Å²) in [6.07, 6.45) is 1.52. The van der Waals surface area contributed by atoms with E-state index in [1.165, 1.54) is 12.3 Å². The topological polar surface area (TPSA) is 76.0 Å². The van der Waals surface area contributed by atoms with Crippen molar-refractivity contribution in [2.24, 2.45) is 0 Å². The van der Waals surface area contributed by atoms with Gasteiger partial charge in [0.05, 0.1) is 10.3 Å². The van der Waals surface area contributed by atoms with Gasteiger partial charge in [0.25, 0.3) is 11.2 Å². The average molecular weight is 204 g/mol. The van der Waals surface area contributed by atoms with Crippen LogP contribution in [0.25, 0.3) is 10.8 Å². The summed E-state index contributed by atoms with van der Waals surface area (Å²) >= 11 is 0. The predicted octanol–water partition coefficient (Wildman–Crippen LogP) is 1.74. The standard InChI is InChI=1S/C10H8N2O3/c1-6-4-7-2-3-11-10(13)8(7)5-9(6)12(14)15/h2-5H,1H3,(H,11,13). The van der Waals surface area contributed by atoms with Crippen LogP contribution in [0, 0.1) is 17.0 Å². The quantitative estimate of drug-likeness (QED) is 0.567. The minimum Gasteiger partial charge on any atom is -0.329 e. The van der Waals surface area contributed by atoms with Crippen LogP contribution in [0.3, 0.4) is 0 Å². The summed E-state index contributed by atoms with van der Waals surface area (Å²) < 4.78 is 0. The zero-order valence-corrected chi connectivity index (χ0v) is 7.98. The lowest BCUT2D eigenvalue weighted by atomic mass is 10.1. The first-order chi connectivity index (χ1) is 7.09. The number of nitro benzene ring substituents is 1. The third kappa shape index (κ3) is 1.48. The Balaban J connectivity index is 2.90. The van der Waals surface area contributed by atoms with Crippen LogP contribution < -0.4 is 5.56 Å². The second kappa shape index (κ2) is 3.20. The SMILES string of the molecule is Cc1cc2cc[nH]c(=O)c2cc1[N+](=O)[O-]. The number of hydrogen-bond acceptors (Lipinski definition) is 3. The summed E-state index contributed by atoms with van der Waals surface area (Å²) in [6.45, 7) is 1.65. The molecular weight excluding hydrogens is 196 g/mol. The molecule has 1 N–H and O–H groups in total. The van der Waals surface area contributed by atoms with Crippen LogP contribution in [0.4, 0.5) is 5.69 Å². The molecule has 15 heavy (non-hydrogen) atoms. The van der Waals surface area contributed by atoms with Crippen LogP contribution in [-0.4, -0.2) is 9.91 Å². The highest BCUT2D eigenvalue weighted by molar-refractivity contribution is 5.84. The fourth-order valence-corrected chi connectivity index (χ4v) is 1.53. The minimum atomic E-state index is -0.485. The number of fused-ring (bicyclic) bond motifs is 1. The van der Waals surface area contributed by atoms with Crippen molar-refractivity contribution in [3.05, 3.63) is 50.4 Å². The van der Waals surface area contributed by atoms with E-state index in [1.807, 2.05) is 0 Å². The number of rotatable bonds is 1. The number of nitrogens with one attached hydrogen (secondary N) is 1. The van der Waals surface area contributed by atoms with Crippen molar-refractivity contribution in [2.45, 2.75) is 6.92 Å². The maximum atomic E-state index is 11.4. The van der Waals surface area contributed by atoms with E-state index in [0.29, 0.717) is 16.3 Å². The van der Waals surface area contributed by atoms with Crippen molar-refractivity contribution >= 4 is 16.5 Å². The third-order valence-electron chi connectivity index (χ3n) is 2.29. The lowest BCUT2D eigenvalue weighted by Gasteiger charge is -1.99. The van der Waals surface area contributed by atoms with Gasteiger partial charge in [-0.25, -0.2) is 0 Å². The Kier molecular flexibility index (Phi) is 2.00. The van der Waals surface area contributed by atoms with Crippen molar-refractivity contribution < 1.29 is 4.92 Å². The van der Waals surface area contributed by atoms with Gasteiger partial charge < -0.3 is 4.98 Å². The second-order valence-electron chi connectivity index (χ2n) is 3.29.